The maximum atomic E-state index is 13.4. The summed E-state index contributed by atoms with van der Waals surface area (Å²) in [5.74, 6) is -1.16. The lowest BCUT2D eigenvalue weighted by molar-refractivity contribution is 0.614. The van der Waals surface area contributed by atoms with Gasteiger partial charge in [0, 0.05) is 10.6 Å². The highest BCUT2D eigenvalue weighted by Crippen LogP contribution is 2.24. The van der Waals surface area contributed by atoms with Gasteiger partial charge in [-0.25, -0.2) is 13.8 Å². The van der Waals surface area contributed by atoms with Gasteiger partial charge in [0.25, 0.3) is 0 Å². The van der Waals surface area contributed by atoms with E-state index < -0.39 is 11.6 Å². The molecule has 0 atom stereocenters. The molecule has 0 fully saturated rings. The van der Waals surface area contributed by atoms with E-state index in [2.05, 4.69) is 9.97 Å². The number of hydrogen-bond donors (Lipinski definition) is 1. The first-order valence-corrected chi connectivity index (χ1v) is 5.06. The van der Waals surface area contributed by atoms with E-state index in [9.17, 15) is 8.78 Å². The molecule has 2 aromatic rings. The van der Waals surface area contributed by atoms with E-state index in [0.717, 1.165) is 18.3 Å². The summed E-state index contributed by atoms with van der Waals surface area (Å²) in [7, 11) is 0. The average Bonchev–Trinajstić information content (AvgIpc) is 2.20. The predicted octanol–water partition coefficient (Wildman–Crippen LogP) is 3.74. The SMILES string of the molecule is Fc1cc(Cl)cc(-c2[nH]c(=S)ncc2F)c1. The second-order valence-electron chi connectivity index (χ2n) is 3.07. The zero-order chi connectivity index (χ0) is 11.7. The summed E-state index contributed by atoms with van der Waals surface area (Å²) >= 11 is 10.4. The van der Waals surface area contributed by atoms with Gasteiger partial charge in [-0.2, -0.15) is 0 Å². The molecule has 1 aromatic heterocycles. The number of aromatic nitrogens is 2. The Labute approximate surface area is 99.9 Å². The Bertz CT molecular complexity index is 577. The molecule has 6 heteroatoms. The normalized spacial score (nSPS) is 10.4. The van der Waals surface area contributed by atoms with Gasteiger partial charge >= 0.3 is 0 Å². The van der Waals surface area contributed by atoms with Crippen molar-refractivity contribution >= 4 is 23.8 Å². The molecule has 1 aromatic carbocycles. The van der Waals surface area contributed by atoms with Crippen LogP contribution in [0.4, 0.5) is 8.78 Å². The fraction of sp³-hybridized carbons (Fsp3) is 0. The molecule has 0 saturated heterocycles. The third-order valence-corrected chi connectivity index (χ3v) is 2.34. The fourth-order valence-corrected chi connectivity index (χ4v) is 1.66. The second-order valence-corrected chi connectivity index (χ2v) is 3.89. The average molecular weight is 259 g/mol. The molecule has 0 aliphatic heterocycles. The molecule has 0 saturated carbocycles. The van der Waals surface area contributed by atoms with E-state index in [-0.39, 0.29) is 21.1 Å². The summed E-state index contributed by atoms with van der Waals surface area (Å²) in [5.41, 5.74) is 0.359. The van der Waals surface area contributed by atoms with E-state index in [1.807, 2.05) is 0 Å². The van der Waals surface area contributed by atoms with Crippen molar-refractivity contribution in [3.8, 4) is 11.3 Å². The maximum absolute atomic E-state index is 13.4. The number of halogens is 3. The summed E-state index contributed by atoms with van der Waals surface area (Å²) in [6.45, 7) is 0. The van der Waals surface area contributed by atoms with E-state index in [0.29, 0.717) is 0 Å². The standard InChI is InChI=1S/C10H5ClF2N2S/c11-6-1-5(2-7(12)3-6)9-8(13)4-14-10(16)15-9/h1-4H,(H,14,15,16). The van der Waals surface area contributed by atoms with Crippen LogP contribution in [-0.2, 0) is 0 Å². The molecular weight excluding hydrogens is 254 g/mol. The lowest BCUT2D eigenvalue weighted by atomic mass is 10.1. The van der Waals surface area contributed by atoms with Gasteiger partial charge in [-0.15, -0.1) is 0 Å². The summed E-state index contributed by atoms with van der Waals surface area (Å²) in [6.07, 6.45) is 0.979. The highest BCUT2D eigenvalue weighted by molar-refractivity contribution is 7.71. The topological polar surface area (TPSA) is 28.7 Å². The summed E-state index contributed by atoms with van der Waals surface area (Å²) in [5, 5.41) is 0.186. The first kappa shape index (κ1) is 11.2. The largest absolute Gasteiger partial charge is 0.328 e. The number of aromatic amines is 1. The minimum absolute atomic E-state index is 0.0707. The Balaban J connectivity index is 2.66. The van der Waals surface area contributed by atoms with Gasteiger partial charge in [0.2, 0.25) is 0 Å². The van der Waals surface area contributed by atoms with Crippen molar-refractivity contribution in [2.45, 2.75) is 0 Å². The third kappa shape index (κ3) is 2.25. The number of H-pyrrole nitrogens is 1. The number of nitrogens with one attached hydrogen (secondary N) is 1. The molecule has 82 valence electrons. The Hall–Kier alpha value is -1.33. The van der Waals surface area contributed by atoms with Crippen molar-refractivity contribution in [2.75, 3.05) is 0 Å². The first-order chi connectivity index (χ1) is 7.56. The number of hydrogen-bond acceptors (Lipinski definition) is 2. The lowest BCUT2D eigenvalue weighted by Crippen LogP contribution is -1.93. The quantitative estimate of drug-likeness (QED) is 0.790. The Morgan fingerprint density at radius 2 is 2.00 bits per heavy atom. The summed E-state index contributed by atoms with van der Waals surface area (Å²) < 4.78 is 26.6. The van der Waals surface area contributed by atoms with Crippen LogP contribution in [0.2, 0.25) is 5.02 Å². The van der Waals surface area contributed by atoms with Crippen molar-refractivity contribution in [1.29, 1.82) is 0 Å². The number of nitrogens with zero attached hydrogens (tertiary/aromatic N) is 1. The van der Waals surface area contributed by atoms with Crippen LogP contribution in [0.3, 0.4) is 0 Å². The van der Waals surface area contributed by atoms with Crippen LogP contribution in [0.5, 0.6) is 0 Å². The van der Waals surface area contributed by atoms with Crippen LogP contribution in [0.15, 0.2) is 24.4 Å². The predicted molar refractivity (Wildman–Crippen MR) is 59.8 cm³/mol. The summed E-state index contributed by atoms with van der Waals surface area (Å²) in [4.78, 5) is 6.12. The molecule has 0 bridgehead atoms. The molecule has 1 heterocycles. The number of benzene rings is 1. The molecule has 0 aliphatic carbocycles. The third-order valence-electron chi connectivity index (χ3n) is 1.92. The summed E-state index contributed by atoms with van der Waals surface area (Å²) in [6, 6.07) is 3.74. The Morgan fingerprint density at radius 3 is 2.69 bits per heavy atom. The molecule has 16 heavy (non-hydrogen) atoms. The zero-order valence-corrected chi connectivity index (χ0v) is 9.37. The first-order valence-electron chi connectivity index (χ1n) is 4.27. The van der Waals surface area contributed by atoms with E-state index in [1.54, 1.807) is 0 Å². The Kier molecular flexibility index (Phi) is 2.98. The van der Waals surface area contributed by atoms with Crippen molar-refractivity contribution in [1.82, 2.24) is 9.97 Å². The van der Waals surface area contributed by atoms with Gasteiger partial charge in [-0.05, 0) is 30.4 Å². The van der Waals surface area contributed by atoms with E-state index in [4.69, 9.17) is 23.8 Å². The van der Waals surface area contributed by atoms with Gasteiger partial charge < -0.3 is 4.98 Å². The maximum Gasteiger partial charge on any atom is 0.197 e. The van der Waals surface area contributed by atoms with Crippen molar-refractivity contribution < 1.29 is 8.78 Å². The fourth-order valence-electron chi connectivity index (χ4n) is 1.29. The van der Waals surface area contributed by atoms with Crippen LogP contribution in [-0.4, -0.2) is 9.97 Å². The highest BCUT2D eigenvalue weighted by Gasteiger charge is 2.08. The van der Waals surface area contributed by atoms with Gasteiger partial charge in [0.15, 0.2) is 10.6 Å². The van der Waals surface area contributed by atoms with Gasteiger partial charge in [0.1, 0.15) is 5.82 Å². The van der Waals surface area contributed by atoms with Gasteiger partial charge in [-0.3, -0.25) is 0 Å². The minimum atomic E-state index is -0.615. The zero-order valence-electron chi connectivity index (χ0n) is 7.80. The molecule has 0 aliphatic rings. The molecule has 0 amide bonds. The van der Waals surface area contributed by atoms with Crippen molar-refractivity contribution in [3.63, 3.8) is 0 Å². The number of rotatable bonds is 1. The van der Waals surface area contributed by atoms with Crippen LogP contribution in [0.1, 0.15) is 0 Å². The van der Waals surface area contributed by atoms with E-state index >= 15 is 0 Å². The van der Waals surface area contributed by atoms with E-state index in [1.165, 1.54) is 6.07 Å². The smallest absolute Gasteiger partial charge is 0.197 e. The molecule has 0 radical (unpaired) electrons. The molecule has 0 unspecified atom stereocenters. The van der Waals surface area contributed by atoms with Gasteiger partial charge in [0.05, 0.1) is 11.9 Å². The van der Waals surface area contributed by atoms with Crippen molar-refractivity contribution in [3.05, 3.63) is 45.8 Å². The van der Waals surface area contributed by atoms with Crippen LogP contribution >= 0.6 is 23.8 Å². The molecular formula is C10H5ClF2N2S. The van der Waals surface area contributed by atoms with Crippen LogP contribution < -0.4 is 0 Å². The highest BCUT2D eigenvalue weighted by atomic mass is 35.5. The minimum Gasteiger partial charge on any atom is -0.328 e. The van der Waals surface area contributed by atoms with Crippen molar-refractivity contribution in [2.24, 2.45) is 0 Å². The molecule has 0 spiro atoms. The monoisotopic (exact) mass is 258 g/mol. The van der Waals surface area contributed by atoms with Crippen LogP contribution in [0, 0.1) is 16.4 Å². The molecule has 2 nitrogen and oxygen atoms in total. The Morgan fingerprint density at radius 1 is 1.25 bits per heavy atom. The lowest BCUT2D eigenvalue weighted by Gasteiger charge is -2.04. The second kappa shape index (κ2) is 4.27. The molecule has 1 N–H and O–H groups in total. The van der Waals surface area contributed by atoms with Gasteiger partial charge in [-0.1, -0.05) is 11.6 Å². The molecule has 2 rings (SSSR count). The van der Waals surface area contributed by atoms with Crippen LogP contribution in [0.25, 0.3) is 11.3 Å².